The van der Waals surface area contributed by atoms with Crippen LogP contribution in [0.3, 0.4) is 0 Å². The largest absolute Gasteiger partial charge is 0.0885 e. The summed E-state index contributed by atoms with van der Waals surface area (Å²) in [6, 6.07) is 0. The van der Waals surface area contributed by atoms with Gasteiger partial charge in [0.1, 0.15) is 0 Å². The van der Waals surface area contributed by atoms with Crippen LogP contribution in [-0.2, 0) is 0 Å². The molecule has 2 rings (SSSR count). The molecule has 0 aromatic heterocycles. The minimum absolute atomic E-state index is 1.32. The minimum atomic E-state index is 1.32. The topological polar surface area (TPSA) is 0 Å². The van der Waals surface area contributed by atoms with E-state index in [9.17, 15) is 0 Å². The van der Waals surface area contributed by atoms with Crippen LogP contribution in [0.5, 0.6) is 0 Å². The van der Waals surface area contributed by atoms with Gasteiger partial charge in [0.15, 0.2) is 0 Å². The van der Waals surface area contributed by atoms with Gasteiger partial charge in [0.05, 0.1) is 0 Å². The van der Waals surface area contributed by atoms with Gasteiger partial charge in [-0.3, -0.25) is 0 Å². The van der Waals surface area contributed by atoms with Crippen molar-refractivity contribution in [3.05, 3.63) is 12.2 Å². The standard InChI is InChI=1S/C6H10.C5H10/c1-2-4-6-5-3-1;1-2-4-5-3-1/h1-2H,3-6H2;1-5H2. The van der Waals surface area contributed by atoms with Crippen LogP contribution in [0.2, 0.25) is 0 Å². The first-order chi connectivity index (χ1) is 5.50. The van der Waals surface area contributed by atoms with Crippen molar-refractivity contribution in [2.24, 2.45) is 0 Å². The Morgan fingerprint density at radius 3 is 1.00 bits per heavy atom. The van der Waals surface area contributed by atoms with Crippen molar-refractivity contribution < 1.29 is 0 Å². The van der Waals surface area contributed by atoms with Crippen molar-refractivity contribution in [1.29, 1.82) is 0 Å². The molecule has 0 aromatic carbocycles. The van der Waals surface area contributed by atoms with E-state index in [0.717, 1.165) is 0 Å². The van der Waals surface area contributed by atoms with Crippen molar-refractivity contribution in [2.45, 2.75) is 57.8 Å². The van der Waals surface area contributed by atoms with E-state index in [-0.39, 0.29) is 0 Å². The molecule has 0 heteroatoms. The van der Waals surface area contributed by atoms with Crippen LogP contribution in [0.1, 0.15) is 57.8 Å². The molecule has 1 fully saturated rings. The number of rotatable bonds is 0. The lowest BCUT2D eigenvalue weighted by Crippen LogP contribution is -1.77. The van der Waals surface area contributed by atoms with Gasteiger partial charge in [-0.25, -0.2) is 0 Å². The predicted octanol–water partition coefficient (Wildman–Crippen LogP) is 4.07. The highest BCUT2D eigenvalue weighted by molar-refractivity contribution is 4.85. The maximum atomic E-state index is 2.27. The van der Waals surface area contributed by atoms with E-state index < -0.39 is 0 Å². The lowest BCUT2D eigenvalue weighted by Gasteiger charge is -1.97. The maximum absolute atomic E-state index is 2.27. The molecule has 0 nitrogen and oxygen atoms in total. The summed E-state index contributed by atoms with van der Waals surface area (Å²) in [6.07, 6.45) is 17.5. The summed E-state index contributed by atoms with van der Waals surface area (Å²) in [5, 5.41) is 0. The summed E-state index contributed by atoms with van der Waals surface area (Å²) < 4.78 is 0. The Balaban J connectivity index is 0.000000112. The SMILES string of the molecule is C1=CCCCC1.C1CCCC1. The summed E-state index contributed by atoms with van der Waals surface area (Å²) in [4.78, 5) is 0. The van der Waals surface area contributed by atoms with Crippen molar-refractivity contribution in [3.8, 4) is 0 Å². The van der Waals surface area contributed by atoms with E-state index in [4.69, 9.17) is 0 Å². The summed E-state index contributed by atoms with van der Waals surface area (Å²) in [5.41, 5.74) is 0. The molecule has 0 unspecified atom stereocenters. The van der Waals surface area contributed by atoms with Crippen molar-refractivity contribution >= 4 is 0 Å². The van der Waals surface area contributed by atoms with Gasteiger partial charge in [-0.1, -0.05) is 44.3 Å². The first kappa shape index (κ1) is 8.83. The molecule has 64 valence electrons. The molecular weight excluding hydrogens is 132 g/mol. The fraction of sp³-hybridized carbons (Fsp3) is 0.818. The van der Waals surface area contributed by atoms with E-state index >= 15 is 0 Å². The van der Waals surface area contributed by atoms with E-state index in [0.29, 0.717) is 0 Å². The maximum Gasteiger partial charge on any atom is -0.0351 e. The third kappa shape index (κ3) is 5.06. The molecule has 0 aliphatic heterocycles. The average molecular weight is 152 g/mol. The third-order valence-electron chi connectivity index (χ3n) is 2.41. The molecule has 0 spiro atoms. The van der Waals surface area contributed by atoms with Gasteiger partial charge in [0, 0.05) is 0 Å². The molecule has 0 N–H and O–H groups in total. The van der Waals surface area contributed by atoms with E-state index in [1.165, 1.54) is 57.8 Å². The molecule has 1 saturated carbocycles. The normalized spacial score (nSPS) is 22.5. The van der Waals surface area contributed by atoms with Gasteiger partial charge in [-0.2, -0.15) is 0 Å². The zero-order valence-corrected chi connectivity index (χ0v) is 7.52. The summed E-state index contributed by atoms with van der Waals surface area (Å²) in [7, 11) is 0. The molecule has 0 aromatic rings. The summed E-state index contributed by atoms with van der Waals surface area (Å²) in [6.45, 7) is 0. The second-order valence-corrected chi connectivity index (χ2v) is 3.52. The monoisotopic (exact) mass is 152 g/mol. The zero-order chi connectivity index (χ0) is 7.78. The van der Waals surface area contributed by atoms with Crippen LogP contribution in [0.25, 0.3) is 0 Å². The van der Waals surface area contributed by atoms with Crippen LogP contribution in [0.15, 0.2) is 12.2 Å². The summed E-state index contributed by atoms with van der Waals surface area (Å²) >= 11 is 0. The molecule has 11 heavy (non-hydrogen) atoms. The van der Waals surface area contributed by atoms with Gasteiger partial charge in [0.25, 0.3) is 0 Å². The van der Waals surface area contributed by atoms with Crippen LogP contribution >= 0.6 is 0 Å². The molecule has 2 aliphatic rings. The molecule has 0 amide bonds. The summed E-state index contributed by atoms with van der Waals surface area (Å²) in [5.74, 6) is 0. The van der Waals surface area contributed by atoms with E-state index in [2.05, 4.69) is 12.2 Å². The predicted molar refractivity (Wildman–Crippen MR) is 50.7 cm³/mol. The van der Waals surface area contributed by atoms with Gasteiger partial charge < -0.3 is 0 Å². The lowest BCUT2D eigenvalue weighted by atomic mass is 10.1. The highest BCUT2D eigenvalue weighted by Crippen LogP contribution is 2.15. The highest BCUT2D eigenvalue weighted by atomic mass is 14.0. The van der Waals surface area contributed by atoms with Gasteiger partial charge >= 0.3 is 0 Å². The Bertz CT molecular complexity index is 83.0. The number of hydrogen-bond acceptors (Lipinski definition) is 0. The molecule has 2 aliphatic carbocycles. The van der Waals surface area contributed by atoms with Gasteiger partial charge in [0.2, 0.25) is 0 Å². The average Bonchev–Trinajstić information content (AvgIpc) is 2.64. The van der Waals surface area contributed by atoms with E-state index in [1.54, 1.807) is 0 Å². The molecule has 0 atom stereocenters. The van der Waals surface area contributed by atoms with Crippen LogP contribution < -0.4 is 0 Å². The molecule has 0 bridgehead atoms. The van der Waals surface area contributed by atoms with Crippen LogP contribution in [0, 0.1) is 0 Å². The Labute approximate surface area is 70.7 Å². The lowest BCUT2D eigenvalue weighted by molar-refractivity contribution is 0.730. The van der Waals surface area contributed by atoms with Crippen molar-refractivity contribution in [2.75, 3.05) is 0 Å². The van der Waals surface area contributed by atoms with E-state index in [1.807, 2.05) is 0 Å². The smallest absolute Gasteiger partial charge is 0.0351 e. The molecule has 0 saturated heterocycles. The Kier molecular flexibility index (Phi) is 5.18. The fourth-order valence-electron chi connectivity index (χ4n) is 1.64. The minimum Gasteiger partial charge on any atom is -0.0885 e. The van der Waals surface area contributed by atoms with Crippen molar-refractivity contribution in [1.82, 2.24) is 0 Å². The molecular formula is C11H20. The molecule has 0 heterocycles. The number of hydrogen-bond donors (Lipinski definition) is 0. The fourth-order valence-corrected chi connectivity index (χ4v) is 1.64. The van der Waals surface area contributed by atoms with Gasteiger partial charge in [-0.05, 0) is 25.7 Å². The first-order valence-electron chi connectivity index (χ1n) is 5.15. The Hall–Kier alpha value is -0.260. The highest BCUT2D eigenvalue weighted by Gasteiger charge is 1.95. The molecule has 0 radical (unpaired) electrons. The van der Waals surface area contributed by atoms with Crippen molar-refractivity contribution in [3.63, 3.8) is 0 Å². The van der Waals surface area contributed by atoms with Crippen LogP contribution in [-0.4, -0.2) is 0 Å². The Morgan fingerprint density at radius 2 is 0.818 bits per heavy atom. The third-order valence-corrected chi connectivity index (χ3v) is 2.41. The second kappa shape index (κ2) is 6.45. The second-order valence-electron chi connectivity index (χ2n) is 3.52. The van der Waals surface area contributed by atoms with Gasteiger partial charge in [-0.15, -0.1) is 0 Å². The van der Waals surface area contributed by atoms with Crippen LogP contribution in [0.4, 0.5) is 0 Å². The number of allylic oxidation sites excluding steroid dienone is 2. The Morgan fingerprint density at radius 1 is 0.455 bits per heavy atom. The quantitative estimate of drug-likeness (QED) is 0.459. The first-order valence-corrected chi connectivity index (χ1v) is 5.15. The zero-order valence-electron chi connectivity index (χ0n) is 7.52.